The van der Waals surface area contributed by atoms with Crippen molar-refractivity contribution in [3.8, 4) is 0 Å². The van der Waals surface area contributed by atoms with Crippen molar-refractivity contribution >= 4 is 18.3 Å². The summed E-state index contributed by atoms with van der Waals surface area (Å²) in [6, 6.07) is 11.2. The van der Waals surface area contributed by atoms with Crippen LogP contribution in [0.5, 0.6) is 0 Å². The monoisotopic (exact) mass is 336 g/mol. The van der Waals surface area contributed by atoms with Crippen LogP contribution >= 0.6 is 12.4 Å². The standard InChI is InChI=1S/C19H28N2O.ClH/c1-14-13-21(19(22)17-8-10-20-15(2)12-17)11-9-18(14)16-6-4-3-5-7-16;/h3-7,14-15,17-18,20H,8-13H2,1-2H3;1H/t14?,15-,17-,18?;/m0./s1. The molecule has 0 aromatic heterocycles. The molecule has 0 bridgehead atoms. The van der Waals surface area contributed by atoms with Crippen molar-refractivity contribution in [3.63, 3.8) is 0 Å². The molecule has 4 atom stereocenters. The van der Waals surface area contributed by atoms with Crippen molar-refractivity contribution in [2.45, 2.75) is 45.1 Å². The van der Waals surface area contributed by atoms with Gasteiger partial charge in [0.1, 0.15) is 0 Å². The molecule has 2 heterocycles. The summed E-state index contributed by atoms with van der Waals surface area (Å²) >= 11 is 0. The summed E-state index contributed by atoms with van der Waals surface area (Å²) in [4.78, 5) is 14.9. The van der Waals surface area contributed by atoms with Crippen molar-refractivity contribution in [2.24, 2.45) is 11.8 Å². The average molecular weight is 337 g/mol. The van der Waals surface area contributed by atoms with E-state index in [1.807, 2.05) is 0 Å². The predicted octanol–water partition coefficient (Wildman–Crippen LogP) is 3.45. The fourth-order valence-corrected chi connectivity index (χ4v) is 4.16. The van der Waals surface area contributed by atoms with Crippen LogP contribution in [0.1, 0.15) is 44.6 Å². The number of amides is 1. The van der Waals surface area contributed by atoms with E-state index in [2.05, 4.69) is 54.4 Å². The topological polar surface area (TPSA) is 32.3 Å². The lowest BCUT2D eigenvalue weighted by Crippen LogP contribution is -2.48. The fraction of sp³-hybridized carbons (Fsp3) is 0.632. The third-order valence-corrected chi connectivity index (χ3v) is 5.42. The molecule has 1 aromatic rings. The number of nitrogens with one attached hydrogen (secondary N) is 1. The number of hydrogen-bond donors (Lipinski definition) is 1. The number of rotatable bonds is 2. The van der Waals surface area contributed by atoms with Crippen LogP contribution in [-0.2, 0) is 4.79 Å². The van der Waals surface area contributed by atoms with E-state index in [4.69, 9.17) is 0 Å². The summed E-state index contributed by atoms with van der Waals surface area (Å²) in [5.41, 5.74) is 1.43. The molecule has 2 aliphatic heterocycles. The normalized spacial score (nSPS) is 31.3. The van der Waals surface area contributed by atoms with Gasteiger partial charge in [0.25, 0.3) is 0 Å². The van der Waals surface area contributed by atoms with Crippen LogP contribution < -0.4 is 5.32 Å². The molecule has 2 unspecified atom stereocenters. The van der Waals surface area contributed by atoms with Crippen molar-refractivity contribution < 1.29 is 4.79 Å². The first kappa shape index (κ1) is 18.3. The zero-order valence-electron chi connectivity index (χ0n) is 14.2. The first-order chi connectivity index (χ1) is 10.6. The Hall–Kier alpha value is -1.06. The van der Waals surface area contributed by atoms with Crippen LogP contribution in [0.2, 0.25) is 0 Å². The number of halogens is 1. The van der Waals surface area contributed by atoms with Gasteiger partial charge in [-0.2, -0.15) is 0 Å². The first-order valence-corrected chi connectivity index (χ1v) is 8.72. The van der Waals surface area contributed by atoms with Crippen LogP contribution in [0.4, 0.5) is 0 Å². The van der Waals surface area contributed by atoms with Crippen molar-refractivity contribution in [2.75, 3.05) is 19.6 Å². The second kappa shape index (κ2) is 8.16. The van der Waals surface area contributed by atoms with Crippen molar-refractivity contribution in [3.05, 3.63) is 35.9 Å². The highest BCUT2D eigenvalue weighted by Gasteiger charge is 2.33. The Bertz CT molecular complexity index is 507. The minimum atomic E-state index is 0. The Morgan fingerprint density at radius 1 is 1.17 bits per heavy atom. The smallest absolute Gasteiger partial charge is 0.225 e. The van der Waals surface area contributed by atoms with E-state index in [0.29, 0.717) is 23.8 Å². The lowest BCUT2D eigenvalue weighted by atomic mass is 9.81. The van der Waals surface area contributed by atoms with Gasteiger partial charge in [0.2, 0.25) is 5.91 Å². The van der Waals surface area contributed by atoms with Crippen LogP contribution in [0.25, 0.3) is 0 Å². The van der Waals surface area contributed by atoms with Crippen LogP contribution in [-0.4, -0.2) is 36.5 Å². The number of nitrogens with zero attached hydrogens (tertiary/aromatic N) is 1. The van der Waals surface area contributed by atoms with E-state index in [1.54, 1.807) is 0 Å². The summed E-state index contributed by atoms with van der Waals surface area (Å²) in [7, 11) is 0. The van der Waals surface area contributed by atoms with Crippen LogP contribution in [0.15, 0.2) is 30.3 Å². The van der Waals surface area contributed by atoms with Gasteiger partial charge in [0, 0.05) is 25.0 Å². The summed E-state index contributed by atoms with van der Waals surface area (Å²) in [6.45, 7) is 7.29. The molecule has 2 aliphatic rings. The largest absolute Gasteiger partial charge is 0.342 e. The highest BCUT2D eigenvalue weighted by Crippen LogP contribution is 2.33. The summed E-state index contributed by atoms with van der Waals surface area (Å²) in [6.07, 6.45) is 3.08. The van der Waals surface area contributed by atoms with Gasteiger partial charge in [-0.05, 0) is 50.1 Å². The van der Waals surface area contributed by atoms with E-state index in [0.717, 1.165) is 38.9 Å². The molecule has 4 heteroatoms. The second-order valence-electron chi connectivity index (χ2n) is 7.14. The second-order valence-corrected chi connectivity index (χ2v) is 7.14. The van der Waals surface area contributed by atoms with Gasteiger partial charge in [-0.3, -0.25) is 4.79 Å². The maximum Gasteiger partial charge on any atom is 0.225 e. The number of piperidine rings is 2. The van der Waals surface area contributed by atoms with E-state index >= 15 is 0 Å². The summed E-state index contributed by atoms with van der Waals surface area (Å²) in [5.74, 6) is 1.76. The average Bonchev–Trinajstić information content (AvgIpc) is 2.55. The Kier molecular flexibility index (Phi) is 6.49. The fourth-order valence-electron chi connectivity index (χ4n) is 4.16. The Labute approximate surface area is 146 Å². The maximum absolute atomic E-state index is 12.8. The SMILES string of the molecule is CC1CN(C(=O)[C@H]2CCN[C@@H](C)C2)CCC1c1ccccc1.Cl. The van der Waals surface area contributed by atoms with Crippen molar-refractivity contribution in [1.82, 2.24) is 10.2 Å². The van der Waals surface area contributed by atoms with Gasteiger partial charge in [-0.15, -0.1) is 12.4 Å². The van der Waals surface area contributed by atoms with Gasteiger partial charge < -0.3 is 10.2 Å². The molecule has 3 nitrogen and oxygen atoms in total. The zero-order chi connectivity index (χ0) is 15.5. The number of carbonyl (C=O) groups is 1. The Morgan fingerprint density at radius 2 is 1.91 bits per heavy atom. The summed E-state index contributed by atoms with van der Waals surface area (Å²) < 4.78 is 0. The molecule has 23 heavy (non-hydrogen) atoms. The molecule has 128 valence electrons. The van der Waals surface area contributed by atoms with Gasteiger partial charge in [0.15, 0.2) is 0 Å². The Balaban J connectivity index is 0.00000192. The molecule has 1 amide bonds. The maximum atomic E-state index is 12.8. The molecular formula is C19H29ClN2O. The molecule has 3 rings (SSSR count). The number of carbonyl (C=O) groups excluding carboxylic acids is 1. The van der Waals surface area contributed by atoms with Crippen LogP contribution in [0, 0.1) is 11.8 Å². The van der Waals surface area contributed by atoms with E-state index in [1.165, 1.54) is 5.56 Å². The lowest BCUT2D eigenvalue weighted by molar-refractivity contribution is -0.138. The molecular weight excluding hydrogens is 308 g/mol. The molecule has 1 N–H and O–H groups in total. The third kappa shape index (κ3) is 4.27. The van der Waals surface area contributed by atoms with Gasteiger partial charge >= 0.3 is 0 Å². The minimum Gasteiger partial charge on any atom is -0.342 e. The molecule has 1 aromatic carbocycles. The van der Waals surface area contributed by atoms with E-state index in [9.17, 15) is 4.79 Å². The third-order valence-electron chi connectivity index (χ3n) is 5.42. The molecule has 0 radical (unpaired) electrons. The molecule has 2 saturated heterocycles. The number of benzene rings is 1. The summed E-state index contributed by atoms with van der Waals surface area (Å²) in [5, 5.41) is 3.44. The van der Waals surface area contributed by atoms with Gasteiger partial charge in [-0.1, -0.05) is 37.3 Å². The lowest BCUT2D eigenvalue weighted by Gasteiger charge is -2.40. The van der Waals surface area contributed by atoms with Crippen LogP contribution in [0.3, 0.4) is 0 Å². The molecule has 0 spiro atoms. The van der Waals surface area contributed by atoms with Crippen molar-refractivity contribution in [1.29, 1.82) is 0 Å². The molecule has 0 aliphatic carbocycles. The minimum absolute atomic E-state index is 0. The number of likely N-dealkylation sites (tertiary alicyclic amines) is 1. The Morgan fingerprint density at radius 3 is 2.57 bits per heavy atom. The van der Waals surface area contributed by atoms with E-state index in [-0.39, 0.29) is 18.3 Å². The van der Waals surface area contributed by atoms with E-state index < -0.39 is 0 Å². The molecule has 2 fully saturated rings. The zero-order valence-corrected chi connectivity index (χ0v) is 15.0. The number of hydrogen-bond acceptors (Lipinski definition) is 2. The molecule has 0 saturated carbocycles. The highest BCUT2D eigenvalue weighted by atomic mass is 35.5. The highest BCUT2D eigenvalue weighted by molar-refractivity contribution is 5.85. The first-order valence-electron chi connectivity index (χ1n) is 8.72. The predicted molar refractivity (Wildman–Crippen MR) is 97.0 cm³/mol. The quantitative estimate of drug-likeness (QED) is 0.897. The van der Waals surface area contributed by atoms with Gasteiger partial charge in [0.05, 0.1) is 0 Å². The van der Waals surface area contributed by atoms with Gasteiger partial charge in [-0.25, -0.2) is 0 Å².